The third-order valence-electron chi connectivity index (χ3n) is 9.09. The molecule has 49 heavy (non-hydrogen) atoms. The molecule has 3 saturated heterocycles. The summed E-state index contributed by atoms with van der Waals surface area (Å²) in [6, 6.07) is 9.96. The molecule has 18 heteroatoms. The Morgan fingerprint density at radius 2 is 1.43 bits per heavy atom. The van der Waals surface area contributed by atoms with Gasteiger partial charge in [-0.1, -0.05) is 30.3 Å². The zero-order valence-electron chi connectivity index (χ0n) is 27.2. The Bertz CT molecular complexity index is 1900. The summed E-state index contributed by atoms with van der Waals surface area (Å²) in [7, 11) is -4.18. The SMILES string of the molecule is Cc1cn([C@H]2C[C@H](OP(=O)(OC[C@H]3O[C@@H](n4cc(C)c(=O)[nH]c4=O)C[C@@H]3O)N3CCN(Cc4ccccc4)CC3)[C@@H](CO)O2)c(=O)[nH]c1=O. The Morgan fingerprint density at radius 1 is 0.857 bits per heavy atom. The predicted octanol–water partition coefficient (Wildman–Crippen LogP) is -0.0405. The number of nitrogens with zero attached hydrogens (tertiary/aromatic N) is 4. The quantitative estimate of drug-likeness (QED) is 0.193. The number of piperazine rings is 1. The highest BCUT2D eigenvalue weighted by Crippen LogP contribution is 2.56. The lowest BCUT2D eigenvalue weighted by Crippen LogP contribution is -2.45. The minimum absolute atomic E-state index is 0.0110. The maximum absolute atomic E-state index is 14.8. The van der Waals surface area contributed by atoms with Gasteiger partial charge < -0.3 is 19.7 Å². The molecule has 0 spiro atoms. The summed E-state index contributed by atoms with van der Waals surface area (Å²) in [4.78, 5) is 55.5. The summed E-state index contributed by atoms with van der Waals surface area (Å²) < 4.78 is 42.9. The van der Waals surface area contributed by atoms with E-state index in [0.717, 1.165) is 5.56 Å². The molecule has 266 valence electrons. The van der Waals surface area contributed by atoms with Gasteiger partial charge in [-0.3, -0.25) is 42.6 Å². The Hall–Kier alpha value is -3.51. The number of aryl methyl sites for hydroxylation is 2. The molecular formula is C31H41N6O11P. The lowest BCUT2D eigenvalue weighted by atomic mass is 10.2. The van der Waals surface area contributed by atoms with Gasteiger partial charge in [0.2, 0.25) is 0 Å². The number of aromatic nitrogens is 4. The van der Waals surface area contributed by atoms with E-state index in [2.05, 4.69) is 14.9 Å². The van der Waals surface area contributed by atoms with E-state index in [0.29, 0.717) is 32.7 Å². The van der Waals surface area contributed by atoms with Crippen LogP contribution >= 0.6 is 7.75 Å². The molecule has 0 aliphatic carbocycles. The highest BCUT2D eigenvalue weighted by Gasteiger charge is 2.47. The molecule has 17 nitrogen and oxygen atoms in total. The monoisotopic (exact) mass is 704 g/mol. The minimum Gasteiger partial charge on any atom is -0.394 e. The van der Waals surface area contributed by atoms with Crippen molar-refractivity contribution in [1.82, 2.24) is 28.7 Å². The van der Waals surface area contributed by atoms with Crippen molar-refractivity contribution in [3.8, 4) is 0 Å². The van der Waals surface area contributed by atoms with Crippen molar-refractivity contribution in [1.29, 1.82) is 0 Å². The molecule has 5 heterocycles. The number of H-pyrrole nitrogens is 2. The molecule has 3 aliphatic rings. The number of rotatable bonds is 11. The summed E-state index contributed by atoms with van der Waals surface area (Å²) in [5.41, 5.74) is -0.751. The molecule has 0 bridgehead atoms. The highest BCUT2D eigenvalue weighted by molar-refractivity contribution is 7.51. The van der Waals surface area contributed by atoms with Crippen molar-refractivity contribution in [2.45, 2.75) is 70.1 Å². The zero-order chi connectivity index (χ0) is 34.9. The highest BCUT2D eigenvalue weighted by atomic mass is 31.2. The number of benzene rings is 1. The molecule has 7 atom stereocenters. The van der Waals surface area contributed by atoms with Crippen molar-refractivity contribution in [3.63, 3.8) is 0 Å². The van der Waals surface area contributed by atoms with E-state index in [1.165, 1.54) is 21.5 Å². The first kappa shape index (κ1) is 35.3. The van der Waals surface area contributed by atoms with Crippen LogP contribution in [0.4, 0.5) is 0 Å². The number of aromatic amines is 2. The van der Waals surface area contributed by atoms with Gasteiger partial charge in [0.1, 0.15) is 30.8 Å². The molecule has 1 aromatic carbocycles. The van der Waals surface area contributed by atoms with E-state index in [-0.39, 0.29) is 30.6 Å². The second-order valence-corrected chi connectivity index (χ2v) is 14.5. The van der Waals surface area contributed by atoms with Crippen LogP contribution in [0, 0.1) is 13.8 Å². The van der Waals surface area contributed by atoms with Crippen molar-refractivity contribution < 1.29 is 33.3 Å². The molecule has 3 aliphatic heterocycles. The number of hydrogen-bond donors (Lipinski definition) is 4. The summed E-state index contributed by atoms with van der Waals surface area (Å²) in [5, 5.41) is 21.0. The molecule has 0 radical (unpaired) electrons. The summed E-state index contributed by atoms with van der Waals surface area (Å²) in [6.07, 6.45) is -3.15. The number of aliphatic hydroxyl groups excluding tert-OH is 2. The molecule has 1 unspecified atom stereocenters. The second-order valence-electron chi connectivity index (χ2n) is 12.6. The summed E-state index contributed by atoms with van der Waals surface area (Å²) in [5.74, 6) is 0. The smallest absolute Gasteiger partial charge is 0.394 e. The standard InChI is InChI=1S/C31H41N6O11P/c1-19-14-36(30(42)32-28(19)40)26-12-22(39)25(47-26)18-45-49(44,35-10-8-34(9-11-35)16-21-6-4-3-5-7-21)48-23-13-27(46-24(23)17-38)37-15-20(2)29(41)33-31(37)43/h3-7,14-15,22-27,38-39H,8-13,16-18H2,1-2H3,(H,32,40,42)(H,33,41,43)/t22-,23-,24+,25+,26+,27+,49?/m0/s1. The lowest BCUT2D eigenvalue weighted by Gasteiger charge is -2.39. The van der Waals surface area contributed by atoms with Crippen LogP contribution in [-0.2, 0) is 29.6 Å². The second kappa shape index (κ2) is 14.8. The van der Waals surface area contributed by atoms with E-state index in [4.69, 9.17) is 18.5 Å². The van der Waals surface area contributed by atoms with Crippen LogP contribution in [0.3, 0.4) is 0 Å². The van der Waals surface area contributed by atoms with Crippen LogP contribution in [0.25, 0.3) is 0 Å². The van der Waals surface area contributed by atoms with Crippen LogP contribution in [0.5, 0.6) is 0 Å². The van der Waals surface area contributed by atoms with Gasteiger partial charge in [-0.05, 0) is 19.4 Å². The molecule has 4 N–H and O–H groups in total. The molecular weight excluding hydrogens is 663 g/mol. The number of aliphatic hydroxyl groups is 2. The van der Waals surface area contributed by atoms with Gasteiger partial charge in [0.05, 0.1) is 19.3 Å². The maximum atomic E-state index is 14.8. The van der Waals surface area contributed by atoms with E-state index in [1.54, 1.807) is 18.5 Å². The number of hydrogen-bond acceptors (Lipinski definition) is 12. The predicted molar refractivity (Wildman–Crippen MR) is 174 cm³/mol. The van der Waals surface area contributed by atoms with Gasteiger partial charge >= 0.3 is 19.1 Å². The van der Waals surface area contributed by atoms with E-state index < -0.39 is 73.7 Å². The summed E-state index contributed by atoms with van der Waals surface area (Å²) >= 11 is 0. The Kier molecular flexibility index (Phi) is 10.6. The largest absolute Gasteiger partial charge is 0.408 e. The van der Waals surface area contributed by atoms with Crippen LogP contribution in [0.2, 0.25) is 0 Å². The first-order valence-corrected chi connectivity index (χ1v) is 17.6. The van der Waals surface area contributed by atoms with E-state index in [9.17, 15) is 34.0 Å². The Balaban J connectivity index is 1.20. The Labute approximate surface area is 280 Å². The minimum atomic E-state index is -4.18. The average molecular weight is 705 g/mol. The van der Waals surface area contributed by atoms with Gasteiger partial charge in [-0.2, -0.15) is 0 Å². The first-order valence-electron chi connectivity index (χ1n) is 16.1. The first-order chi connectivity index (χ1) is 23.4. The molecule has 0 saturated carbocycles. The van der Waals surface area contributed by atoms with Crippen LogP contribution in [0.1, 0.15) is 42.0 Å². The zero-order valence-corrected chi connectivity index (χ0v) is 28.1. The molecule has 3 aromatic rings. The van der Waals surface area contributed by atoms with Crippen molar-refractivity contribution in [2.75, 3.05) is 39.4 Å². The normalized spacial score (nSPS) is 27.8. The van der Waals surface area contributed by atoms with Gasteiger partial charge in [-0.15, -0.1) is 0 Å². The van der Waals surface area contributed by atoms with Crippen LogP contribution < -0.4 is 22.5 Å². The van der Waals surface area contributed by atoms with Gasteiger partial charge in [0.25, 0.3) is 11.1 Å². The lowest BCUT2D eigenvalue weighted by molar-refractivity contribution is -0.0569. The molecule has 3 fully saturated rings. The van der Waals surface area contributed by atoms with Crippen molar-refractivity contribution >= 4 is 7.75 Å². The third-order valence-corrected chi connectivity index (χ3v) is 11.2. The molecule has 0 amide bonds. The van der Waals surface area contributed by atoms with E-state index in [1.807, 2.05) is 30.3 Å². The Morgan fingerprint density at radius 3 is 2.02 bits per heavy atom. The maximum Gasteiger partial charge on any atom is 0.408 e. The number of nitrogens with one attached hydrogen (secondary N) is 2. The summed E-state index contributed by atoms with van der Waals surface area (Å²) in [6.45, 7) is 4.62. The molecule has 6 rings (SSSR count). The fourth-order valence-electron chi connectivity index (χ4n) is 6.28. The fourth-order valence-corrected chi connectivity index (χ4v) is 8.21. The molecule has 2 aromatic heterocycles. The fraction of sp³-hybridized carbons (Fsp3) is 0.548. The van der Waals surface area contributed by atoms with Gasteiger partial charge in [0, 0.05) is 69.1 Å². The van der Waals surface area contributed by atoms with Crippen LogP contribution in [-0.4, -0.2) is 103 Å². The van der Waals surface area contributed by atoms with Crippen molar-refractivity contribution in [3.05, 3.63) is 101 Å². The van der Waals surface area contributed by atoms with Crippen molar-refractivity contribution in [2.24, 2.45) is 0 Å². The number of ether oxygens (including phenoxy) is 2. The van der Waals surface area contributed by atoms with Gasteiger partial charge in [0.15, 0.2) is 0 Å². The van der Waals surface area contributed by atoms with Gasteiger partial charge in [-0.25, -0.2) is 18.8 Å². The third kappa shape index (κ3) is 7.80. The average Bonchev–Trinajstić information content (AvgIpc) is 3.66. The topological polar surface area (TPSA) is 211 Å². The van der Waals surface area contributed by atoms with Crippen LogP contribution in [0.15, 0.2) is 61.9 Å². The van der Waals surface area contributed by atoms with E-state index >= 15 is 0 Å².